The van der Waals surface area contributed by atoms with Gasteiger partial charge in [0.05, 0.1) is 0 Å². The maximum absolute atomic E-state index is 11.1. The molecule has 0 bridgehead atoms. The van der Waals surface area contributed by atoms with Crippen LogP contribution in [0.15, 0.2) is 0 Å². The summed E-state index contributed by atoms with van der Waals surface area (Å²) in [7, 11) is 0. The van der Waals surface area contributed by atoms with Gasteiger partial charge < -0.3 is 15.2 Å². The van der Waals surface area contributed by atoms with E-state index in [0.29, 0.717) is 19.6 Å². The Bertz CT molecular complexity index is 221. The average Bonchev–Trinajstić information content (AvgIpc) is 2.33. The van der Waals surface area contributed by atoms with Crippen molar-refractivity contribution in [1.82, 2.24) is 5.32 Å². The lowest BCUT2D eigenvalue weighted by molar-refractivity contribution is -0.144. The second kappa shape index (κ2) is 10.3. The molecule has 0 saturated heterocycles. The molecule has 0 aliphatic rings. The smallest absolute Gasteiger partial charge is 0.323 e. The van der Waals surface area contributed by atoms with Crippen molar-refractivity contribution in [2.45, 2.75) is 64.8 Å². The molecule has 0 aromatic rings. The van der Waals surface area contributed by atoms with Gasteiger partial charge in [0.25, 0.3) is 0 Å². The van der Waals surface area contributed by atoms with E-state index in [0.717, 1.165) is 19.4 Å². The maximum atomic E-state index is 11.1. The van der Waals surface area contributed by atoms with E-state index >= 15 is 0 Å². The summed E-state index contributed by atoms with van der Waals surface area (Å²) in [5.41, 5.74) is -0.819. The fourth-order valence-corrected chi connectivity index (χ4v) is 1.92. The molecule has 4 nitrogen and oxygen atoms in total. The summed E-state index contributed by atoms with van der Waals surface area (Å²) in [6.45, 7) is 7.96. The standard InChI is InChI=1S/C14H29NO3/c1-4-6-7-8-11-18-12-9-10-14(3,13(16)17)15-5-2/h15H,4-12H2,1-3H3,(H,16,17). The maximum Gasteiger partial charge on any atom is 0.323 e. The van der Waals surface area contributed by atoms with Gasteiger partial charge in [-0.1, -0.05) is 33.1 Å². The van der Waals surface area contributed by atoms with Gasteiger partial charge in [0.15, 0.2) is 0 Å². The SMILES string of the molecule is CCCCCCOCCCC(C)(NCC)C(=O)O. The molecule has 1 atom stereocenters. The molecular weight excluding hydrogens is 230 g/mol. The normalized spacial score (nSPS) is 14.4. The Morgan fingerprint density at radius 1 is 1.17 bits per heavy atom. The first-order chi connectivity index (χ1) is 8.56. The highest BCUT2D eigenvalue weighted by molar-refractivity contribution is 5.78. The van der Waals surface area contributed by atoms with Crippen LogP contribution in [-0.2, 0) is 9.53 Å². The highest BCUT2D eigenvalue weighted by atomic mass is 16.5. The second-order valence-electron chi connectivity index (χ2n) is 4.94. The van der Waals surface area contributed by atoms with Crippen molar-refractivity contribution in [2.24, 2.45) is 0 Å². The van der Waals surface area contributed by atoms with Crippen LogP contribution in [0.2, 0.25) is 0 Å². The van der Waals surface area contributed by atoms with Crippen molar-refractivity contribution in [2.75, 3.05) is 19.8 Å². The van der Waals surface area contributed by atoms with E-state index in [2.05, 4.69) is 12.2 Å². The van der Waals surface area contributed by atoms with Gasteiger partial charge in [0, 0.05) is 13.2 Å². The van der Waals surface area contributed by atoms with Gasteiger partial charge in [-0.05, 0) is 32.7 Å². The zero-order chi connectivity index (χ0) is 13.9. The Labute approximate surface area is 111 Å². The third-order valence-electron chi connectivity index (χ3n) is 3.15. The number of likely N-dealkylation sites (N-methyl/N-ethyl adjacent to an activating group) is 1. The molecule has 0 aromatic heterocycles. The van der Waals surface area contributed by atoms with Crippen LogP contribution in [0.1, 0.15) is 59.3 Å². The molecule has 0 aliphatic carbocycles. The predicted octanol–water partition coefficient (Wildman–Crippen LogP) is 2.82. The topological polar surface area (TPSA) is 58.6 Å². The van der Waals surface area contributed by atoms with Gasteiger partial charge in [-0.25, -0.2) is 0 Å². The van der Waals surface area contributed by atoms with Crippen molar-refractivity contribution in [3.05, 3.63) is 0 Å². The fourth-order valence-electron chi connectivity index (χ4n) is 1.92. The molecule has 0 heterocycles. The van der Waals surface area contributed by atoms with E-state index in [9.17, 15) is 4.79 Å². The number of carboxylic acid groups (broad SMARTS) is 1. The highest BCUT2D eigenvalue weighted by Gasteiger charge is 2.30. The van der Waals surface area contributed by atoms with Crippen molar-refractivity contribution >= 4 is 5.97 Å². The van der Waals surface area contributed by atoms with Gasteiger partial charge in [-0.3, -0.25) is 4.79 Å². The lowest BCUT2D eigenvalue weighted by Gasteiger charge is -2.25. The Kier molecular flexibility index (Phi) is 9.98. The first-order valence-corrected chi connectivity index (χ1v) is 7.13. The minimum atomic E-state index is -0.819. The number of hydrogen-bond donors (Lipinski definition) is 2. The molecule has 108 valence electrons. The summed E-state index contributed by atoms with van der Waals surface area (Å²) >= 11 is 0. The van der Waals surface area contributed by atoms with Crippen LogP contribution in [0.4, 0.5) is 0 Å². The number of ether oxygens (including phenoxy) is 1. The first kappa shape index (κ1) is 17.4. The first-order valence-electron chi connectivity index (χ1n) is 7.13. The minimum absolute atomic E-state index is 0.602. The van der Waals surface area contributed by atoms with E-state index < -0.39 is 11.5 Å². The molecule has 0 spiro atoms. The van der Waals surface area contributed by atoms with E-state index in [1.807, 2.05) is 6.92 Å². The molecule has 18 heavy (non-hydrogen) atoms. The van der Waals surface area contributed by atoms with E-state index in [-0.39, 0.29) is 0 Å². The van der Waals surface area contributed by atoms with Gasteiger partial charge in [0.2, 0.25) is 0 Å². The van der Waals surface area contributed by atoms with Crippen molar-refractivity contribution in [1.29, 1.82) is 0 Å². The van der Waals surface area contributed by atoms with Crippen LogP contribution in [0.25, 0.3) is 0 Å². The number of nitrogens with one attached hydrogen (secondary N) is 1. The van der Waals surface area contributed by atoms with Crippen molar-refractivity contribution < 1.29 is 14.6 Å². The van der Waals surface area contributed by atoms with E-state index in [4.69, 9.17) is 9.84 Å². The number of rotatable bonds is 12. The lowest BCUT2D eigenvalue weighted by Crippen LogP contribution is -2.49. The zero-order valence-corrected chi connectivity index (χ0v) is 12.1. The molecule has 2 N–H and O–H groups in total. The van der Waals surface area contributed by atoms with Crippen LogP contribution in [0.5, 0.6) is 0 Å². The van der Waals surface area contributed by atoms with Crippen LogP contribution in [0.3, 0.4) is 0 Å². The lowest BCUT2D eigenvalue weighted by atomic mass is 9.96. The molecule has 0 aliphatic heterocycles. The Morgan fingerprint density at radius 3 is 2.39 bits per heavy atom. The molecule has 0 radical (unpaired) electrons. The summed E-state index contributed by atoms with van der Waals surface area (Å²) in [4.78, 5) is 11.1. The quantitative estimate of drug-likeness (QED) is 0.529. The number of carbonyl (C=O) groups is 1. The number of hydrogen-bond acceptors (Lipinski definition) is 3. The number of carboxylic acids is 1. The van der Waals surface area contributed by atoms with Crippen molar-refractivity contribution in [3.8, 4) is 0 Å². The summed E-state index contributed by atoms with van der Waals surface area (Å²) in [5, 5.41) is 12.2. The number of aliphatic carboxylic acids is 1. The minimum Gasteiger partial charge on any atom is -0.480 e. The van der Waals surface area contributed by atoms with E-state index in [1.165, 1.54) is 19.3 Å². The summed E-state index contributed by atoms with van der Waals surface area (Å²) in [5.74, 6) is -0.785. The number of unbranched alkanes of at least 4 members (excludes halogenated alkanes) is 3. The Hall–Kier alpha value is -0.610. The van der Waals surface area contributed by atoms with Crippen molar-refractivity contribution in [3.63, 3.8) is 0 Å². The molecule has 1 unspecified atom stereocenters. The molecule has 0 saturated carbocycles. The predicted molar refractivity (Wildman–Crippen MR) is 73.9 cm³/mol. The molecular formula is C14H29NO3. The zero-order valence-electron chi connectivity index (χ0n) is 12.1. The third kappa shape index (κ3) is 7.67. The van der Waals surface area contributed by atoms with Gasteiger partial charge in [-0.2, -0.15) is 0 Å². The van der Waals surface area contributed by atoms with Gasteiger partial charge >= 0.3 is 5.97 Å². The van der Waals surface area contributed by atoms with Crippen LogP contribution < -0.4 is 5.32 Å². The second-order valence-corrected chi connectivity index (χ2v) is 4.94. The summed E-state index contributed by atoms with van der Waals surface area (Å²) in [6, 6.07) is 0. The Balaban J connectivity index is 3.59. The molecule has 0 fully saturated rings. The highest BCUT2D eigenvalue weighted by Crippen LogP contribution is 2.12. The van der Waals surface area contributed by atoms with Gasteiger partial charge in [0.1, 0.15) is 5.54 Å². The molecule has 0 amide bonds. The van der Waals surface area contributed by atoms with E-state index in [1.54, 1.807) is 6.92 Å². The monoisotopic (exact) mass is 259 g/mol. The fraction of sp³-hybridized carbons (Fsp3) is 0.929. The summed E-state index contributed by atoms with van der Waals surface area (Å²) < 4.78 is 5.51. The molecule has 0 rings (SSSR count). The van der Waals surface area contributed by atoms with Crippen LogP contribution in [0, 0.1) is 0 Å². The van der Waals surface area contributed by atoms with Crippen LogP contribution in [-0.4, -0.2) is 36.4 Å². The molecule has 0 aromatic carbocycles. The third-order valence-corrected chi connectivity index (χ3v) is 3.15. The Morgan fingerprint density at radius 2 is 1.83 bits per heavy atom. The average molecular weight is 259 g/mol. The van der Waals surface area contributed by atoms with Crippen LogP contribution >= 0.6 is 0 Å². The summed E-state index contributed by atoms with van der Waals surface area (Å²) in [6.07, 6.45) is 6.22. The molecule has 4 heteroatoms. The van der Waals surface area contributed by atoms with Gasteiger partial charge in [-0.15, -0.1) is 0 Å². The largest absolute Gasteiger partial charge is 0.480 e.